The van der Waals surface area contributed by atoms with Crippen LogP contribution in [-0.2, 0) is 11.3 Å². The Morgan fingerprint density at radius 3 is 2.42 bits per heavy atom. The molecule has 1 aliphatic rings. The summed E-state index contributed by atoms with van der Waals surface area (Å²) in [6.07, 6.45) is 0. The Balaban J connectivity index is 1.45. The highest BCUT2D eigenvalue weighted by Gasteiger charge is 2.25. The topological polar surface area (TPSA) is 70.5 Å². The van der Waals surface area contributed by atoms with Crippen LogP contribution in [0.2, 0.25) is 0 Å². The highest BCUT2D eigenvalue weighted by atomic mass is 19.1. The second kappa shape index (κ2) is 9.09. The first-order chi connectivity index (χ1) is 15.0. The monoisotopic (exact) mass is 421 g/mol. The van der Waals surface area contributed by atoms with Crippen molar-refractivity contribution in [3.05, 3.63) is 77.7 Å². The van der Waals surface area contributed by atoms with Crippen LogP contribution in [0, 0.1) is 5.82 Å². The molecule has 1 aliphatic heterocycles. The number of nitrogens with zero attached hydrogens (tertiary/aromatic N) is 4. The van der Waals surface area contributed by atoms with E-state index in [-0.39, 0.29) is 23.3 Å². The number of para-hydroxylation sites is 1. The fraction of sp³-hybridized carbons (Fsp3) is 0.261. The smallest absolute Gasteiger partial charge is 0.274 e. The van der Waals surface area contributed by atoms with Gasteiger partial charge in [0.15, 0.2) is 5.69 Å². The van der Waals surface area contributed by atoms with Gasteiger partial charge in [0.05, 0.1) is 5.69 Å². The molecule has 0 spiro atoms. The van der Waals surface area contributed by atoms with Crippen molar-refractivity contribution in [2.75, 3.05) is 31.5 Å². The molecule has 0 unspecified atom stereocenters. The Hall–Kier alpha value is -3.52. The third-order valence-corrected chi connectivity index (χ3v) is 5.19. The largest absolute Gasteiger partial charge is 0.335 e. The van der Waals surface area contributed by atoms with Gasteiger partial charge in [-0.15, -0.1) is 0 Å². The van der Waals surface area contributed by atoms with Crippen molar-refractivity contribution in [1.29, 1.82) is 0 Å². The van der Waals surface area contributed by atoms with Crippen molar-refractivity contribution in [2.45, 2.75) is 13.5 Å². The van der Waals surface area contributed by atoms with E-state index in [1.54, 1.807) is 21.7 Å². The molecule has 1 N–H and O–H groups in total. The Bertz CT molecular complexity index is 1070. The van der Waals surface area contributed by atoms with Crippen LogP contribution in [0.1, 0.15) is 23.0 Å². The lowest BCUT2D eigenvalue weighted by atomic mass is 10.2. The molecule has 2 amide bonds. The van der Waals surface area contributed by atoms with Gasteiger partial charge in [-0.05, 0) is 29.8 Å². The van der Waals surface area contributed by atoms with Crippen molar-refractivity contribution in [1.82, 2.24) is 19.6 Å². The number of carbonyl (C=O) groups is 2. The van der Waals surface area contributed by atoms with Crippen LogP contribution < -0.4 is 5.32 Å². The molecular weight excluding hydrogens is 397 g/mol. The number of carbonyl (C=O) groups excluding carboxylic acids is 2. The molecule has 0 saturated carbocycles. The number of benzene rings is 2. The molecule has 4 rings (SSSR count). The van der Waals surface area contributed by atoms with E-state index in [0.29, 0.717) is 38.5 Å². The molecule has 1 aromatic heterocycles. The number of rotatable bonds is 5. The predicted octanol–water partition coefficient (Wildman–Crippen LogP) is 2.93. The molecule has 3 aromatic rings. The maximum Gasteiger partial charge on any atom is 0.274 e. The van der Waals surface area contributed by atoms with Gasteiger partial charge in [0.1, 0.15) is 11.6 Å². The first-order valence-corrected chi connectivity index (χ1v) is 10.2. The van der Waals surface area contributed by atoms with Crippen LogP contribution in [0.3, 0.4) is 0 Å². The number of halogens is 1. The average Bonchev–Trinajstić information content (AvgIpc) is 3.17. The number of aromatic nitrogens is 2. The first-order valence-electron chi connectivity index (χ1n) is 10.2. The van der Waals surface area contributed by atoms with Crippen molar-refractivity contribution < 1.29 is 14.0 Å². The van der Waals surface area contributed by atoms with E-state index in [1.807, 2.05) is 36.4 Å². The molecular formula is C23H24FN5O2. The number of amides is 2. The van der Waals surface area contributed by atoms with E-state index < -0.39 is 0 Å². The van der Waals surface area contributed by atoms with Crippen LogP contribution in [0.25, 0.3) is 5.69 Å². The highest BCUT2D eigenvalue weighted by Crippen LogP contribution is 2.19. The second-order valence-electron chi connectivity index (χ2n) is 7.54. The van der Waals surface area contributed by atoms with Gasteiger partial charge in [-0.25, -0.2) is 9.07 Å². The van der Waals surface area contributed by atoms with Gasteiger partial charge in [0.25, 0.3) is 5.91 Å². The maximum absolute atomic E-state index is 13.4. The highest BCUT2D eigenvalue weighted by molar-refractivity contribution is 5.95. The minimum Gasteiger partial charge on any atom is -0.335 e. The summed E-state index contributed by atoms with van der Waals surface area (Å²) in [7, 11) is 0. The summed E-state index contributed by atoms with van der Waals surface area (Å²) in [5.74, 6) is -0.198. The summed E-state index contributed by atoms with van der Waals surface area (Å²) in [6.45, 7) is 4.57. The minimum absolute atomic E-state index is 0.174. The zero-order chi connectivity index (χ0) is 21.8. The molecule has 0 atom stereocenters. The Labute approximate surface area is 180 Å². The normalized spacial score (nSPS) is 14.5. The lowest BCUT2D eigenvalue weighted by Crippen LogP contribution is -2.48. The predicted molar refractivity (Wildman–Crippen MR) is 115 cm³/mol. The number of hydrogen-bond donors (Lipinski definition) is 1. The molecule has 0 aliphatic carbocycles. The number of hydrogen-bond acceptors (Lipinski definition) is 4. The third-order valence-electron chi connectivity index (χ3n) is 5.19. The average molecular weight is 421 g/mol. The van der Waals surface area contributed by atoms with Crippen LogP contribution in [0.15, 0.2) is 60.7 Å². The van der Waals surface area contributed by atoms with Gasteiger partial charge in [0.2, 0.25) is 5.91 Å². The first kappa shape index (κ1) is 20.7. The van der Waals surface area contributed by atoms with Crippen molar-refractivity contribution >= 4 is 17.6 Å². The van der Waals surface area contributed by atoms with Gasteiger partial charge >= 0.3 is 0 Å². The second-order valence-corrected chi connectivity index (χ2v) is 7.54. The van der Waals surface area contributed by atoms with Crippen molar-refractivity contribution in [2.24, 2.45) is 0 Å². The third kappa shape index (κ3) is 4.97. The minimum atomic E-state index is -0.240. The summed E-state index contributed by atoms with van der Waals surface area (Å²) >= 11 is 0. The van der Waals surface area contributed by atoms with E-state index in [0.717, 1.165) is 11.3 Å². The number of nitrogens with one attached hydrogen (secondary N) is 1. The molecule has 2 heterocycles. The summed E-state index contributed by atoms with van der Waals surface area (Å²) in [5.41, 5.74) is 1.96. The molecule has 0 bridgehead atoms. The standard InChI is InChI=1S/C23H24FN5O2/c1-17(30)25-22-15-21(26-29(22)20-8-3-2-4-9-20)23(31)28-12-10-27(11-13-28)16-18-6-5-7-19(24)14-18/h2-9,14-15H,10-13,16H2,1H3,(H,25,30). The number of piperazine rings is 1. The van der Waals surface area contributed by atoms with E-state index in [1.165, 1.54) is 19.1 Å². The molecule has 0 radical (unpaired) electrons. The van der Waals surface area contributed by atoms with E-state index in [2.05, 4.69) is 15.3 Å². The molecule has 8 heteroatoms. The summed E-state index contributed by atoms with van der Waals surface area (Å²) in [5, 5.41) is 7.20. The van der Waals surface area contributed by atoms with Gasteiger partial charge in [-0.3, -0.25) is 14.5 Å². The zero-order valence-electron chi connectivity index (χ0n) is 17.3. The van der Waals surface area contributed by atoms with Crippen molar-refractivity contribution in [3.8, 4) is 5.69 Å². The van der Waals surface area contributed by atoms with E-state index >= 15 is 0 Å². The Kier molecular flexibility index (Phi) is 6.08. The van der Waals surface area contributed by atoms with Crippen molar-refractivity contribution in [3.63, 3.8) is 0 Å². The quantitative estimate of drug-likeness (QED) is 0.688. The van der Waals surface area contributed by atoms with Gasteiger partial charge in [0, 0.05) is 45.7 Å². The molecule has 7 nitrogen and oxygen atoms in total. The number of anilines is 1. The SMILES string of the molecule is CC(=O)Nc1cc(C(=O)N2CCN(Cc3cccc(F)c3)CC2)nn1-c1ccccc1. The summed E-state index contributed by atoms with van der Waals surface area (Å²) < 4.78 is 15.0. The van der Waals surface area contributed by atoms with Crippen LogP contribution >= 0.6 is 0 Å². The van der Waals surface area contributed by atoms with E-state index in [4.69, 9.17) is 0 Å². The molecule has 1 fully saturated rings. The molecule has 31 heavy (non-hydrogen) atoms. The van der Waals surface area contributed by atoms with Gasteiger partial charge < -0.3 is 10.2 Å². The fourth-order valence-corrected chi connectivity index (χ4v) is 3.69. The van der Waals surface area contributed by atoms with Crippen LogP contribution in [-0.4, -0.2) is 57.6 Å². The molecule has 160 valence electrons. The lowest BCUT2D eigenvalue weighted by molar-refractivity contribution is -0.114. The Morgan fingerprint density at radius 1 is 1.00 bits per heavy atom. The summed E-state index contributed by atoms with van der Waals surface area (Å²) in [6, 6.07) is 17.5. The van der Waals surface area contributed by atoms with Crippen LogP contribution in [0.4, 0.5) is 10.2 Å². The molecule has 2 aromatic carbocycles. The lowest BCUT2D eigenvalue weighted by Gasteiger charge is -2.34. The fourth-order valence-electron chi connectivity index (χ4n) is 3.69. The van der Waals surface area contributed by atoms with E-state index in [9.17, 15) is 14.0 Å². The van der Waals surface area contributed by atoms with Gasteiger partial charge in [-0.2, -0.15) is 5.10 Å². The maximum atomic E-state index is 13.4. The molecule has 1 saturated heterocycles. The zero-order valence-corrected chi connectivity index (χ0v) is 17.3. The van der Waals surface area contributed by atoms with Crippen LogP contribution in [0.5, 0.6) is 0 Å². The van der Waals surface area contributed by atoms with Gasteiger partial charge in [-0.1, -0.05) is 30.3 Å². The Morgan fingerprint density at radius 2 is 1.74 bits per heavy atom. The summed E-state index contributed by atoms with van der Waals surface area (Å²) in [4.78, 5) is 28.6.